The van der Waals surface area contributed by atoms with Gasteiger partial charge >= 0.3 is 0 Å². The lowest BCUT2D eigenvalue weighted by molar-refractivity contribution is 0.436. The summed E-state index contributed by atoms with van der Waals surface area (Å²) in [5.41, 5.74) is 10.9. The van der Waals surface area contributed by atoms with E-state index in [1.807, 2.05) is 0 Å². The summed E-state index contributed by atoms with van der Waals surface area (Å²) < 4.78 is 0. The third-order valence-electron chi connectivity index (χ3n) is 3.76. The Bertz CT molecular complexity index is 356. The molecule has 0 aromatic heterocycles. The predicted molar refractivity (Wildman–Crippen MR) is 58.4 cm³/mol. The average molecular weight is 187 g/mol. The zero-order valence-electron chi connectivity index (χ0n) is 8.50. The summed E-state index contributed by atoms with van der Waals surface area (Å²) in [5.74, 6) is 0.777. The van der Waals surface area contributed by atoms with Crippen molar-refractivity contribution in [3.8, 4) is 0 Å². The number of aryl methyl sites for hydroxylation is 1. The number of hydrogen-bond acceptors (Lipinski definition) is 1. The molecule has 2 atom stereocenters. The van der Waals surface area contributed by atoms with E-state index in [4.69, 9.17) is 5.73 Å². The smallest absolute Gasteiger partial charge is 0.00852 e. The van der Waals surface area contributed by atoms with Crippen molar-refractivity contribution >= 4 is 0 Å². The molecule has 74 valence electrons. The largest absolute Gasteiger partial charge is 0.327 e. The van der Waals surface area contributed by atoms with E-state index >= 15 is 0 Å². The topological polar surface area (TPSA) is 26.0 Å². The number of nitrogens with two attached hydrogens (primary N) is 1. The van der Waals surface area contributed by atoms with E-state index in [1.54, 1.807) is 11.1 Å². The highest BCUT2D eigenvalue weighted by molar-refractivity contribution is 5.42. The van der Waals surface area contributed by atoms with Crippen molar-refractivity contribution in [2.75, 3.05) is 0 Å². The van der Waals surface area contributed by atoms with Crippen LogP contribution < -0.4 is 5.73 Å². The van der Waals surface area contributed by atoms with Crippen molar-refractivity contribution < 1.29 is 0 Å². The van der Waals surface area contributed by atoms with E-state index in [-0.39, 0.29) is 0 Å². The number of rotatable bonds is 0. The van der Waals surface area contributed by atoms with Crippen LogP contribution in [-0.2, 0) is 12.8 Å². The molecule has 0 bridgehead atoms. The van der Waals surface area contributed by atoms with Gasteiger partial charge < -0.3 is 5.73 Å². The zero-order valence-corrected chi connectivity index (χ0v) is 8.50. The van der Waals surface area contributed by atoms with Gasteiger partial charge in [0.2, 0.25) is 0 Å². The molecule has 2 N–H and O–H groups in total. The second-order valence-electron chi connectivity index (χ2n) is 4.78. The summed E-state index contributed by atoms with van der Waals surface area (Å²) in [6.07, 6.45) is 6.31. The molecule has 2 aliphatic carbocycles. The summed E-state index contributed by atoms with van der Waals surface area (Å²) in [5, 5.41) is 0. The van der Waals surface area contributed by atoms with Gasteiger partial charge in [0.1, 0.15) is 0 Å². The van der Waals surface area contributed by atoms with Crippen LogP contribution in [0, 0.1) is 0 Å². The molecular formula is C13H17N. The predicted octanol–water partition coefficient (Wildman–Crippen LogP) is 2.38. The molecule has 1 heteroatoms. The fourth-order valence-corrected chi connectivity index (χ4v) is 3.24. The maximum atomic E-state index is 6.09. The van der Waals surface area contributed by atoms with Crippen molar-refractivity contribution in [3.63, 3.8) is 0 Å². The Morgan fingerprint density at radius 2 is 2.07 bits per heavy atom. The molecule has 14 heavy (non-hydrogen) atoms. The van der Waals surface area contributed by atoms with E-state index in [0.717, 1.165) is 12.3 Å². The SMILES string of the molecule is NC1Cc2cccc3c2C(CCC3)C1. The summed E-state index contributed by atoms with van der Waals surface area (Å²) in [4.78, 5) is 0. The lowest BCUT2D eigenvalue weighted by Gasteiger charge is -2.34. The van der Waals surface area contributed by atoms with E-state index in [2.05, 4.69) is 18.2 Å². The molecule has 0 saturated carbocycles. The molecule has 2 unspecified atom stereocenters. The first-order valence-electron chi connectivity index (χ1n) is 5.71. The van der Waals surface area contributed by atoms with Crippen LogP contribution in [0.4, 0.5) is 0 Å². The molecule has 0 spiro atoms. The zero-order chi connectivity index (χ0) is 9.54. The minimum Gasteiger partial charge on any atom is -0.327 e. The Kier molecular flexibility index (Phi) is 1.88. The van der Waals surface area contributed by atoms with Gasteiger partial charge in [-0.3, -0.25) is 0 Å². The highest BCUT2D eigenvalue weighted by Crippen LogP contribution is 2.40. The van der Waals surface area contributed by atoms with Gasteiger partial charge in [-0.25, -0.2) is 0 Å². The Labute approximate surface area is 85.3 Å². The number of hydrogen-bond donors (Lipinski definition) is 1. The fraction of sp³-hybridized carbons (Fsp3) is 0.538. The molecule has 1 aromatic rings. The lowest BCUT2D eigenvalue weighted by atomic mass is 9.72. The maximum Gasteiger partial charge on any atom is 0.00852 e. The van der Waals surface area contributed by atoms with Crippen LogP contribution in [0.2, 0.25) is 0 Å². The molecule has 0 aliphatic heterocycles. The van der Waals surface area contributed by atoms with Crippen molar-refractivity contribution in [2.45, 2.75) is 44.1 Å². The molecule has 0 fully saturated rings. The summed E-state index contributed by atoms with van der Waals surface area (Å²) in [6, 6.07) is 7.19. The summed E-state index contributed by atoms with van der Waals surface area (Å²) in [7, 11) is 0. The highest BCUT2D eigenvalue weighted by Gasteiger charge is 2.28. The summed E-state index contributed by atoms with van der Waals surface area (Å²) in [6.45, 7) is 0. The second kappa shape index (κ2) is 3.09. The fourth-order valence-electron chi connectivity index (χ4n) is 3.24. The van der Waals surface area contributed by atoms with Crippen LogP contribution in [-0.4, -0.2) is 6.04 Å². The number of benzene rings is 1. The first kappa shape index (κ1) is 8.49. The summed E-state index contributed by atoms with van der Waals surface area (Å²) >= 11 is 0. The van der Waals surface area contributed by atoms with E-state index in [1.165, 1.54) is 31.2 Å². The molecule has 2 aliphatic rings. The molecule has 1 aromatic carbocycles. The van der Waals surface area contributed by atoms with Gasteiger partial charge in [-0.2, -0.15) is 0 Å². The second-order valence-corrected chi connectivity index (χ2v) is 4.78. The lowest BCUT2D eigenvalue weighted by Crippen LogP contribution is -2.32. The molecule has 1 nitrogen and oxygen atoms in total. The molecule has 0 heterocycles. The van der Waals surface area contributed by atoms with Crippen LogP contribution in [0.1, 0.15) is 41.9 Å². The normalized spacial score (nSPS) is 29.8. The van der Waals surface area contributed by atoms with Gasteiger partial charge in [-0.05, 0) is 54.7 Å². The standard InChI is InChI=1S/C13H17N/c14-12-7-10-5-1-3-9-4-2-6-11(8-12)13(9)10/h1,3,5,11-12H,2,4,6-8,14H2. The van der Waals surface area contributed by atoms with Gasteiger partial charge in [-0.15, -0.1) is 0 Å². The van der Waals surface area contributed by atoms with Gasteiger partial charge in [0.15, 0.2) is 0 Å². The van der Waals surface area contributed by atoms with Crippen LogP contribution in [0.15, 0.2) is 18.2 Å². The Balaban J connectivity index is 2.14. The first-order chi connectivity index (χ1) is 6.84. The first-order valence-corrected chi connectivity index (χ1v) is 5.71. The Morgan fingerprint density at radius 3 is 3.00 bits per heavy atom. The van der Waals surface area contributed by atoms with E-state index in [0.29, 0.717) is 6.04 Å². The third-order valence-corrected chi connectivity index (χ3v) is 3.76. The van der Waals surface area contributed by atoms with Gasteiger partial charge in [0.05, 0.1) is 0 Å². The molecular weight excluding hydrogens is 170 g/mol. The van der Waals surface area contributed by atoms with Crippen LogP contribution in [0.3, 0.4) is 0 Å². The molecule has 0 radical (unpaired) electrons. The molecule has 0 saturated heterocycles. The van der Waals surface area contributed by atoms with Gasteiger partial charge in [0, 0.05) is 6.04 Å². The van der Waals surface area contributed by atoms with Crippen LogP contribution in [0.5, 0.6) is 0 Å². The highest BCUT2D eigenvalue weighted by atomic mass is 14.6. The average Bonchev–Trinajstić information content (AvgIpc) is 2.18. The Hall–Kier alpha value is -0.820. The van der Waals surface area contributed by atoms with Crippen LogP contribution >= 0.6 is 0 Å². The maximum absolute atomic E-state index is 6.09. The molecule has 3 rings (SSSR count). The van der Waals surface area contributed by atoms with E-state index < -0.39 is 0 Å². The van der Waals surface area contributed by atoms with Crippen molar-refractivity contribution in [2.24, 2.45) is 5.73 Å². The van der Waals surface area contributed by atoms with Crippen molar-refractivity contribution in [1.29, 1.82) is 0 Å². The third kappa shape index (κ3) is 1.19. The molecule has 0 amide bonds. The minimum atomic E-state index is 0.404. The monoisotopic (exact) mass is 187 g/mol. The van der Waals surface area contributed by atoms with Gasteiger partial charge in [-0.1, -0.05) is 18.2 Å². The Morgan fingerprint density at radius 1 is 1.21 bits per heavy atom. The van der Waals surface area contributed by atoms with Gasteiger partial charge in [0.25, 0.3) is 0 Å². The minimum absolute atomic E-state index is 0.404. The van der Waals surface area contributed by atoms with Crippen molar-refractivity contribution in [1.82, 2.24) is 0 Å². The van der Waals surface area contributed by atoms with E-state index in [9.17, 15) is 0 Å². The van der Waals surface area contributed by atoms with Crippen LogP contribution in [0.25, 0.3) is 0 Å². The van der Waals surface area contributed by atoms with Crippen molar-refractivity contribution in [3.05, 3.63) is 34.9 Å². The quantitative estimate of drug-likeness (QED) is 0.663.